The van der Waals surface area contributed by atoms with Crippen LogP contribution in [0.5, 0.6) is 0 Å². The molecule has 0 bridgehead atoms. The van der Waals surface area contributed by atoms with Gasteiger partial charge in [-0.1, -0.05) is 53.7 Å². The van der Waals surface area contributed by atoms with Crippen LogP contribution in [-0.4, -0.2) is 9.97 Å². The van der Waals surface area contributed by atoms with E-state index in [2.05, 4.69) is 50.2 Å². The van der Waals surface area contributed by atoms with Gasteiger partial charge in [0, 0.05) is 27.8 Å². The third-order valence-electron chi connectivity index (χ3n) is 4.01. The second-order valence-electron chi connectivity index (χ2n) is 5.38. The second kappa shape index (κ2) is 5.91. The zero-order valence-electron chi connectivity index (χ0n) is 11.0. The molecule has 1 aromatic heterocycles. The minimum Gasteiger partial charge on any atom is -0.342 e. The Kier molecular flexibility index (Phi) is 4.02. The number of aromatic amines is 1. The maximum Gasteiger partial charge on any atom is 0.137 e. The molecule has 2 aromatic rings. The minimum atomic E-state index is 0.680. The summed E-state index contributed by atoms with van der Waals surface area (Å²) in [5.74, 6) is 1.67. The van der Waals surface area contributed by atoms with Crippen LogP contribution in [0.25, 0.3) is 11.4 Å². The predicted molar refractivity (Wildman–Crippen MR) is 82.2 cm³/mol. The lowest BCUT2D eigenvalue weighted by atomic mass is 9.97. The fourth-order valence-electron chi connectivity index (χ4n) is 2.89. The molecule has 0 atom stereocenters. The van der Waals surface area contributed by atoms with Gasteiger partial charge < -0.3 is 4.98 Å². The largest absolute Gasteiger partial charge is 0.342 e. The van der Waals surface area contributed by atoms with E-state index in [1.165, 1.54) is 44.2 Å². The van der Waals surface area contributed by atoms with E-state index in [9.17, 15) is 0 Å². The van der Waals surface area contributed by atoms with Crippen LogP contribution in [0.3, 0.4) is 0 Å². The van der Waals surface area contributed by atoms with Crippen LogP contribution in [0, 0.1) is 0 Å². The highest BCUT2D eigenvalue weighted by Gasteiger charge is 2.16. The van der Waals surface area contributed by atoms with E-state index in [4.69, 9.17) is 0 Å². The van der Waals surface area contributed by atoms with Crippen LogP contribution >= 0.6 is 15.9 Å². The van der Waals surface area contributed by atoms with Crippen LogP contribution in [0.4, 0.5) is 0 Å². The first-order valence-corrected chi connectivity index (χ1v) is 7.93. The standard InChI is InChI=1S/C16H19BrN2/c17-14-9-7-13(8-10-14)16-18-11-15(19-16)12-5-3-1-2-4-6-12/h7-12H,1-6H2,(H,18,19). The first kappa shape index (κ1) is 12.9. The van der Waals surface area contributed by atoms with Crippen LogP contribution in [0.1, 0.15) is 50.1 Å². The van der Waals surface area contributed by atoms with Crippen molar-refractivity contribution in [3.05, 3.63) is 40.6 Å². The molecule has 3 rings (SSSR count). The Morgan fingerprint density at radius 3 is 2.37 bits per heavy atom. The summed E-state index contributed by atoms with van der Waals surface area (Å²) < 4.78 is 1.10. The molecule has 0 unspecified atom stereocenters. The van der Waals surface area contributed by atoms with Crippen LogP contribution in [0.15, 0.2) is 34.9 Å². The van der Waals surface area contributed by atoms with Crippen molar-refractivity contribution in [1.82, 2.24) is 9.97 Å². The third-order valence-corrected chi connectivity index (χ3v) is 4.54. The summed E-state index contributed by atoms with van der Waals surface area (Å²) in [6, 6.07) is 8.31. The average Bonchev–Trinajstić information content (AvgIpc) is 2.76. The number of hydrogen-bond acceptors (Lipinski definition) is 1. The van der Waals surface area contributed by atoms with Crippen molar-refractivity contribution < 1.29 is 0 Å². The number of aromatic nitrogens is 2. The summed E-state index contributed by atoms with van der Waals surface area (Å²) in [4.78, 5) is 8.07. The third kappa shape index (κ3) is 3.08. The second-order valence-corrected chi connectivity index (χ2v) is 6.30. The smallest absolute Gasteiger partial charge is 0.137 e. The van der Waals surface area contributed by atoms with Crippen molar-refractivity contribution in [3.63, 3.8) is 0 Å². The van der Waals surface area contributed by atoms with Gasteiger partial charge in [0.05, 0.1) is 0 Å². The first-order valence-electron chi connectivity index (χ1n) is 7.14. The number of halogens is 1. The molecule has 1 aliphatic carbocycles. The van der Waals surface area contributed by atoms with Crippen molar-refractivity contribution in [2.45, 2.75) is 44.4 Å². The number of imidazole rings is 1. The number of rotatable bonds is 2. The molecule has 2 nitrogen and oxygen atoms in total. The molecule has 0 spiro atoms. The molecule has 1 fully saturated rings. The Bertz CT molecular complexity index is 522. The number of hydrogen-bond donors (Lipinski definition) is 1. The highest BCUT2D eigenvalue weighted by Crippen LogP contribution is 2.31. The van der Waals surface area contributed by atoms with E-state index in [1.807, 2.05) is 6.20 Å². The molecule has 0 radical (unpaired) electrons. The summed E-state index contributed by atoms with van der Waals surface area (Å²) in [6.45, 7) is 0. The van der Waals surface area contributed by atoms with Crippen LogP contribution < -0.4 is 0 Å². The predicted octanol–water partition coefficient (Wildman–Crippen LogP) is 5.28. The Labute approximate surface area is 122 Å². The fourth-order valence-corrected chi connectivity index (χ4v) is 3.15. The van der Waals surface area contributed by atoms with E-state index in [-0.39, 0.29) is 0 Å². The number of nitrogens with one attached hydrogen (secondary N) is 1. The maximum atomic E-state index is 4.55. The van der Waals surface area contributed by atoms with Crippen molar-refractivity contribution in [1.29, 1.82) is 0 Å². The fraction of sp³-hybridized carbons (Fsp3) is 0.438. The Hall–Kier alpha value is -1.09. The molecule has 0 saturated heterocycles. The molecule has 0 aliphatic heterocycles. The zero-order chi connectivity index (χ0) is 13.1. The quantitative estimate of drug-likeness (QED) is 0.750. The molecular formula is C16H19BrN2. The van der Waals surface area contributed by atoms with Crippen LogP contribution in [-0.2, 0) is 0 Å². The van der Waals surface area contributed by atoms with Gasteiger partial charge in [0.1, 0.15) is 5.82 Å². The number of H-pyrrole nitrogens is 1. The molecule has 0 amide bonds. The summed E-state index contributed by atoms with van der Waals surface area (Å²) in [6.07, 6.45) is 10.2. The van der Waals surface area contributed by atoms with E-state index in [0.717, 1.165) is 15.9 Å². The van der Waals surface area contributed by atoms with E-state index >= 15 is 0 Å². The van der Waals surface area contributed by atoms with Gasteiger partial charge in [-0.15, -0.1) is 0 Å². The van der Waals surface area contributed by atoms with Crippen molar-refractivity contribution in [2.75, 3.05) is 0 Å². The maximum absolute atomic E-state index is 4.55. The molecular weight excluding hydrogens is 300 g/mol. The molecule has 1 aromatic carbocycles. The zero-order valence-corrected chi connectivity index (χ0v) is 12.6. The highest BCUT2D eigenvalue weighted by molar-refractivity contribution is 9.10. The number of benzene rings is 1. The molecule has 1 heterocycles. The lowest BCUT2D eigenvalue weighted by molar-refractivity contribution is 0.580. The molecule has 3 heteroatoms. The minimum absolute atomic E-state index is 0.680. The molecule has 1 N–H and O–H groups in total. The van der Waals surface area contributed by atoms with Gasteiger partial charge in [-0.05, 0) is 25.0 Å². The van der Waals surface area contributed by atoms with Crippen LogP contribution in [0.2, 0.25) is 0 Å². The molecule has 1 aliphatic rings. The SMILES string of the molecule is Brc1ccc(-c2ncc(C3CCCCCC3)[nH]2)cc1. The lowest BCUT2D eigenvalue weighted by Gasteiger charge is -2.10. The topological polar surface area (TPSA) is 28.7 Å². The molecule has 1 saturated carbocycles. The van der Waals surface area contributed by atoms with Gasteiger partial charge in [0.2, 0.25) is 0 Å². The lowest BCUT2D eigenvalue weighted by Crippen LogP contribution is -1.97. The van der Waals surface area contributed by atoms with Crippen molar-refractivity contribution >= 4 is 15.9 Å². The van der Waals surface area contributed by atoms with Gasteiger partial charge >= 0.3 is 0 Å². The normalized spacial score (nSPS) is 17.3. The highest BCUT2D eigenvalue weighted by atomic mass is 79.9. The average molecular weight is 319 g/mol. The summed E-state index contributed by atoms with van der Waals surface area (Å²) in [7, 11) is 0. The van der Waals surface area contributed by atoms with E-state index in [1.54, 1.807) is 0 Å². The number of nitrogens with zero attached hydrogens (tertiary/aromatic N) is 1. The summed E-state index contributed by atoms with van der Waals surface area (Å²) >= 11 is 3.46. The Morgan fingerprint density at radius 2 is 1.68 bits per heavy atom. The van der Waals surface area contributed by atoms with E-state index < -0.39 is 0 Å². The molecule has 100 valence electrons. The monoisotopic (exact) mass is 318 g/mol. The van der Waals surface area contributed by atoms with Crippen molar-refractivity contribution in [2.24, 2.45) is 0 Å². The van der Waals surface area contributed by atoms with Gasteiger partial charge in [0.15, 0.2) is 0 Å². The van der Waals surface area contributed by atoms with Gasteiger partial charge in [-0.3, -0.25) is 0 Å². The van der Waals surface area contributed by atoms with E-state index in [0.29, 0.717) is 5.92 Å². The molecule has 19 heavy (non-hydrogen) atoms. The first-order chi connectivity index (χ1) is 9.33. The van der Waals surface area contributed by atoms with Gasteiger partial charge in [-0.2, -0.15) is 0 Å². The van der Waals surface area contributed by atoms with Gasteiger partial charge in [-0.25, -0.2) is 4.98 Å². The Balaban J connectivity index is 1.80. The van der Waals surface area contributed by atoms with Crippen molar-refractivity contribution in [3.8, 4) is 11.4 Å². The Morgan fingerprint density at radius 1 is 1.00 bits per heavy atom. The van der Waals surface area contributed by atoms with Gasteiger partial charge in [0.25, 0.3) is 0 Å². The summed E-state index contributed by atoms with van der Waals surface area (Å²) in [5.41, 5.74) is 2.47. The summed E-state index contributed by atoms with van der Waals surface area (Å²) in [5, 5.41) is 0.